The fourth-order valence-electron chi connectivity index (χ4n) is 5.18. The van der Waals surface area contributed by atoms with Gasteiger partial charge in [-0.3, -0.25) is 0 Å². The molecule has 0 saturated heterocycles. The summed E-state index contributed by atoms with van der Waals surface area (Å²) in [6.07, 6.45) is 5.45. The van der Waals surface area contributed by atoms with E-state index in [2.05, 4.69) is 60.7 Å². The molecule has 4 heteroatoms. The lowest BCUT2D eigenvalue weighted by Crippen LogP contribution is -2.09. The Hall–Kier alpha value is -2.59. The quantitative estimate of drug-likeness (QED) is 0.423. The van der Waals surface area contributed by atoms with Gasteiger partial charge >= 0.3 is 0 Å². The van der Waals surface area contributed by atoms with Crippen molar-refractivity contribution in [3.05, 3.63) is 82.9 Å². The molecule has 0 fully saturated rings. The van der Waals surface area contributed by atoms with Gasteiger partial charge in [-0.05, 0) is 78.1 Å². The van der Waals surface area contributed by atoms with E-state index in [1.54, 1.807) is 0 Å². The topological polar surface area (TPSA) is 27.7 Å². The lowest BCUT2D eigenvalue weighted by atomic mass is 9.91. The van der Waals surface area contributed by atoms with Gasteiger partial charge in [-0.1, -0.05) is 36.4 Å². The fourth-order valence-corrected chi connectivity index (χ4v) is 6.50. The lowest BCUT2D eigenvalue weighted by molar-refractivity contribution is 0.293. The number of aryl methyl sites for hydroxylation is 2. The molecule has 3 aliphatic heterocycles. The van der Waals surface area contributed by atoms with Gasteiger partial charge in [0.2, 0.25) is 0 Å². The summed E-state index contributed by atoms with van der Waals surface area (Å²) in [4.78, 5) is 1.45. The predicted octanol–water partition coefficient (Wildman–Crippen LogP) is 6.78. The van der Waals surface area contributed by atoms with Gasteiger partial charge in [-0.25, -0.2) is 0 Å². The molecular weight excluding hydrogens is 428 g/mol. The SMILES string of the molecule is c1ccc2c(c1)CCC(c1ccc3c(c1)SCC(c1ccc4c(c1)OCCCO4)CC3)CO2. The summed E-state index contributed by atoms with van der Waals surface area (Å²) < 4.78 is 18.0. The van der Waals surface area contributed by atoms with Crippen LogP contribution < -0.4 is 14.2 Å². The van der Waals surface area contributed by atoms with Gasteiger partial charge in [0.25, 0.3) is 0 Å². The summed E-state index contributed by atoms with van der Waals surface area (Å²) in [6.45, 7) is 2.24. The number of para-hydroxylation sites is 1. The van der Waals surface area contributed by atoms with Crippen LogP contribution in [0, 0.1) is 0 Å². The Labute approximate surface area is 200 Å². The zero-order valence-electron chi connectivity index (χ0n) is 18.9. The van der Waals surface area contributed by atoms with Crippen LogP contribution in [0.5, 0.6) is 17.2 Å². The number of fused-ring (bicyclic) bond motifs is 3. The minimum absolute atomic E-state index is 0.448. The third-order valence-corrected chi connectivity index (χ3v) is 8.44. The monoisotopic (exact) mass is 458 g/mol. The second kappa shape index (κ2) is 9.34. The van der Waals surface area contributed by atoms with Crippen LogP contribution in [-0.2, 0) is 12.8 Å². The lowest BCUT2D eigenvalue weighted by Gasteiger charge is -2.17. The predicted molar refractivity (Wildman–Crippen MR) is 133 cm³/mol. The van der Waals surface area contributed by atoms with Crippen molar-refractivity contribution in [2.75, 3.05) is 25.6 Å². The summed E-state index contributed by atoms with van der Waals surface area (Å²) in [6, 6.07) is 22.2. The summed E-state index contributed by atoms with van der Waals surface area (Å²) in [7, 11) is 0. The zero-order chi connectivity index (χ0) is 22.0. The number of hydrogen-bond acceptors (Lipinski definition) is 4. The van der Waals surface area contributed by atoms with Crippen LogP contribution in [0.4, 0.5) is 0 Å². The van der Waals surface area contributed by atoms with E-state index in [0.717, 1.165) is 68.5 Å². The molecule has 170 valence electrons. The minimum atomic E-state index is 0.448. The highest BCUT2D eigenvalue weighted by atomic mass is 32.2. The van der Waals surface area contributed by atoms with Gasteiger partial charge in [0, 0.05) is 23.0 Å². The third kappa shape index (κ3) is 4.46. The fraction of sp³-hybridized carbons (Fsp3) is 0.379. The molecule has 0 aromatic heterocycles. The van der Waals surface area contributed by atoms with Crippen LogP contribution in [-0.4, -0.2) is 25.6 Å². The molecule has 0 bridgehead atoms. The summed E-state index contributed by atoms with van der Waals surface area (Å²) >= 11 is 2.01. The molecule has 0 radical (unpaired) electrons. The van der Waals surface area contributed by atoms with E-state index in [1.165, 1.54) is 33.6 Å². The Bertz CT molecular complexity index is 1110. The maximum atomic E-state index is 6.18. The van der Waals surface area contributed by atoms with Crippen LogP contribution in [0.2, 0.25) is 0 Å². The van der Waals surface area contributed by atoms with Crippen molar-refractivity contribution in [1.29, 1.82) is 0 Å². The zero-order valence-corrected chi connectivity index (χ0v) is 19.7. The first-order chi connectivity index (χ1) is 16.3. The van der Waals surface area contributed by atoms with Gasteiger partial charge in [0.15, 0.2) is 11.5 Å². The molecule has 0 N–H and O–H groups in total. The van der Waals surface area contributed by atoms with Crippen molar-refractivity contribution < 1.29 is 14.2 Å². The van der Waals surface area contributed by atoms with Crippen LogP contribution in [0.25, 0.3) is 0 Å². The molecular formula is C29H30O3S. The van der Waals surface area contributed by atoms with Crippen molar-refractivity contribution >= 4 is 11.8 Å². The van der Waals surface area contributed by atoms with Crippen molar-refractivity contribution in [2.45, 2.75) is 48.8 Å². The molecule has 0 spiro atoms. The van der Waals surface area contributed by atoms with E-state index in [9.17, 15) is 0 Å². The standard InChI is InChI=1S/C29H30O3S/c1-2-5-26-20(4-1)6-10-24(18-32-26)23-9-7-21-8-11-25(19-33-29(21)17-23)22-12-13-27-28(16-22)31-15-3-14-30-27/h1-2,4-5,7,9,12-13,16-17,24-25H,3,6,8,10-11,14-15,18-19H2. The molecule has 2 unspecified atom stereocenters. The average molecular weight is 459 g/mol. The maximum Gasteiger partial charge on any atom is 0.161 e. The second-order valence-electron chi connectivity index (χ2n) is 9.32. The van der Waals surface area contributed by atoms with E-state index in [1.807, 2.05) is 11.8 Å². The Kier molecular flexibility index (Phi) is 5.94. The van der Waals surface area contributed by atoms with Crippen LogP contribution in [0.3, 0.4) is 0 Å². The van der Waals surface area contributed by atoms with Crippen LogP contribution in [0.15, 0.2) is 65.6 Å². The van der Waals surface area contributed by atoms with Gasteiger partial charge < -0.3 is 14.2 Å². The van der Waals surface area contributed by atoms with Crippen molar-refractivity contribution in [1.82, 2.24) is 0 Å². The molecule has 0 aliphatic carbocycles. The number of hydrogen-bond donors (Lipinski definition) is 0. The summed E-state index contributed by atoms with van der Waals surface area (Å²) in [5.74, 6) is 4.93. The molecule has 2 atom stereocenters. The molecule has 33 heavy (non-hydrogen) atoms. The maximum absolute atomic E-state index is 6.18. The van der Waals surface area contributed by atoms with Crippen LogP contribution >= 0.6 is 11.8 Å². The first-order valence-corrected chi connectivity index (χ1v) is 13.2. The number of rotatable bonds is 2. The summed E-state index contributed by atoms with van der Waals surface area (Å²) in [5, 5.41) is 0. The normalized spacial score (nSPS) is 22.1. The number of ether oxygens (including phenoxy) is 3. The smallest absolute Gasteiger partial charge is 0.161 e. The highest BCUT2D eigenvalue weighted by Gasteiger charge is 2.23. The molecule has 3 heterocycles. The first-order valence-electron chi connectivity index (χ1n) is 12.2. The Morgan fingerprint density at radius 3 is 2.42 bits per heavy atom. The van der Waals surface area contributed by atoms with E-state index in [0.29, 0.717) is 11.8 Å². The molecule has 6 rings (SSSR count). The van der Waals surface area contributed by atoms with Gasteiger partial charge in [-0.2, -0.15) is 0 Å². The molecule has 3 nitrogen and oxygen atoms in total. The Balaban J connectivity index is 1.17. The van der Waals surface area contributed by atoms with Crippen molar-refractivity contribution in [3.8, 4) is 17.2 Å². The third-order valence-electron chi connectivity index (χ3n) is 7.18. The van der Waals surface area contributed by atoms with E-state index >= 15 is 0 Å². The molecule has 0 saturated carbocycles. The highest BCUT2D eigenvalue weighted by molar-refractivity contribution is 7.99. The average Bonchev–Trinajstić information content (AvgIpc) is 3.31. The molecule has 3 aromatic rings. The number of benzene rings is 3. The largest absolute Gasteiger partial charge is 0.493 e. The van der Waals surface area contributed by atoms with E-state index in [4.69, 9.17) is 14.2 Å². The second-order valence-corrected chi connectivity index (χ2v) is 10.4. The Morgan fingerprint density at radius 1 is 0.667 bits per heavy atom. The number of thioether (sulfide) groups is 1. The van der Waals surface area contributed by atoms with E-state index in [-0.39, 0.29) is 0 Å². The van der Waals surface area contributed by atoms with E-state index < -0.39 is 0 Å². The molecule has 3 aliphatic rings. The van der Waals surface area contributed by atoms with Crippen molar-refractivity contribution in [3.63, 3.8) is 0 Å². The highest BCUT2D eigenvalue weighted by Crippen LogP contribution is 2.41. The van der Waals surface area contributed by atoms with Crippen molar-refractivity contribution in [2.24, 2.45) is 0 Å². The minimum Gasteiger partial charge on any atom is -0.493 e. The van der Waals surface area contributed by atoms with Gasteiger partial charge in [0.1, 0.15) is 5.75 Å². The van der Waals surface area contributed by atoms with Gasteiger partial charge in [0.05, 0.1) is 19.8 Å². The van der Waals surface area contributed by atoms with Gasteiger partial charge in [-0.15, -0.1) is 11.8 Å². The first kappa shape index (κ1) is 21.0. The Morgan fingerprint density at radius 2 is 1.45 bits per heavy atom. The molecule has 3 aromatic carbocycles. The summed E-state index contributed by atoms with van der Waals surface area (Å²) in [5.41, 5.74) is 5.61. The molecule has 0 amide bonds. The van der Waals surface area contributed by atoms with Crippen LogP contribution in [0.1, 0.15) is 53.4 Å².